The van der Waals surface area contributed by atoms with Crippen molar-refractivity contribution >= 4 is 5.97 Å². The minimum absolute atomic E-state index is 0.343. The summed E-state index contributed by atoms with van der Waals surface area (Å²) in [6.07, 6.45) is 48.4. The van der Waals surface area contributed by atoms with Gasteiger partial charge in [-0.1, -0.05) is 233 Å². The van der Waals surface area contributed by atoms with Gasteiger partial charge in [-0.25, -0.2) is 0 Å². The van der Waals surface area contributed by atoms with Crippen molar-refractivity contribution in [1.82, 2.24) is 0 Å². The minimum atomic E-state index is -0.659. The van der Waals surface area contributed by atoms with Crippen LogP contribution in [0.5, 0.6) is 0 Å². The second-order valence-corrected chi connectivity index (χ2v) is 13.1. The third-order valence-electron chi connectivity index (χ3n) is 8.70. The van der Waals surface area contributed by atoms with Crippen LogP contribution in [0.3, 0.4) is 0 Å². The van der Waals surface area contributed by atoms with Crippen molar-refractivity contribution in [2.24, 2.45) is 0 Å². The molecule has 0 unspecified atom stereocenters. The van der Waals surface area contributed by atoms with E-state index < -0.39 is 5.97 Å². The molecule has 0 aromatic heterocycles. The molecule has 0 amide bonds. The molecule has 0 spiro atoms. The lowest BCUT2D eigenvalue weighted by molar-refractivity contribution is -0.137. The van der Waals surface area contributed by atoms with Crippen LogP contribution in [0.4, 0.5) is 0 Å². The predicted molar refractivity (Wildman–Crippen MR) is 186 cm³/mol. The topological polar surface area (TPSA) is 37.3 Å². The molecule has 41 heavy (non-hydrogen) atoms. The zero-order valence-electron chi connectivity index (χ0n) is 29.1. The first kappa shape index (κ1) is 42.6. The Hall–Kier alpha value is -0.530. The average Bonchev–Trinajstić information content (AvgIpc) is 2.97. The number of aliphatic carboxylic acids is 1. The van der Waals surface area contributed by atoms with E-state index in [1.165, 1.54) is 205 Å². The van der Waals surface area contributed by atoms with Crippen LogP contribution in [0.15, 0.2) is 0 Å². The summed E-state index contributed by atoms with van der Waals surface area (Å²) in [7, 11) is 0. The molecule has 0 heterocycles. The molecule has 2 nitrogen and oxygen atoms in total. The van der Waals surface area contributed by atoms with Gasteiger partial charge in [-0.3, -0.25) is 4.79 Å². The van der Waals surface area contributed by atoms with Crippen LogP contribution in [-0.2, 0) is 4.79 Å². The van der Waals surface area contributed by atoms with Gasteiger partial charge < -0.3 is 5.11 Å². The van der Waals surface area contributed by atoms with E-state index in [0.29, 0.717) is 6.42 Å². The minimum Gasteiger partial charge on any atom is -0.481 e. The van der Waals surface area contributed by atoms with Gasteiger partial charge in [-0.05, 0) is 6.42 Å². The van der Waals surface area contributed by atoms with Crippen LogP contribution in [0, 0.1) is 0 Å². The van der Waals surface area contributed by atoms with Gasteiger partial charge in [0.25, 0.3) is 0 Å². The maximum absolute atomic E-state index is 10.2. The highest BCUT2D eigenvalue weighted by molar-refractivity contribution is 5.66. The monoisotopic (exact) mass is 581 g/mol. The Labute approximate surface area is 261 Å². The summed E-state index contributed by atoms with van der Waals surface area (Å²) in [5.74, 6) is -0.659. The number of carboxylic acid groups (broad SMARTS) is 1. The number of carbonyl (C=O) groups is 1. The summed E-state index contributed by atoms with van der Waals surface area (Å²) in [4.78, 5) is 10.2. The molecule has 2 heteroatoms. The van der Waals surface area contributed by atoms with Crippen molar-refractivity contribution in [3.8, 4) is 0 Å². The normalized spacial score (nSPS) is 11.0. The quantitative estimate of drug-likeness (QED) is 0.0768. The Morgan fingerprint density at radius 2 is 0.439 bits per heavy atom. The van der Waals surface area contributed by atoms with Crippen molar-refractivity contribution in [2.45, 2.75) is 245 Å². The first-order valence-corrected chi connectivity index (χ1v) is 19.4. The van der Waals surface area contributed by atoms with Gasteiger partial charge in [0, 0.05) is 6.42 Å². The van der Waals surface area contributed by atoms with E-state index in [2.05, 4.69) is 20.8 Å². The van der Waals surface area contributed by atoms with Crippen molar-refractivity contribution in [3.63, 3.8) is 0 Å². The van der Waals surface area contributed by atoms with E-state index in [0.717, 1.165) is 12.8 Å². The van der Waals surface area contributed by atoms with Crippen LogP contribution in [0.2, 0.25) is 0 Å². The molecule has 0 saturated carbocycles. The Balaban J connectivity index is 0. The van der Waals surface area contributed by atoms with Gasteiger partial charge in [0.05, 0.1) is 0 Å². The molecule has 0 bridgehead atoms. The summed E-state index contributed by atoms with van der Waals surface area (Å²) in [5, 5.41) is 8.41. The second-order valence-electron chi connectivity index (χ2n) is 13.1. The fourth-order valence-corrected chi connectivity index (χ4v) is 5.80. The molecule has 0 radical (unpaired) electrons. The SMILES string of the molecule is CCCCCCCCCCCC(=O)O.CCCCCCCCCCCCCCCCCCCCCCCCCCC. The molecule has 1 N–H and O–H groups in total. The first-order valence-electron chi connectivity index (χ1n) is 19.4. The highest BCUT2D eigenvalue weighted by atomic mass is 16.4. The molecule has 0 aliphatic rings. The molecule has 0 aromatic carbocycles. The number of carboxylic acids is 1. The molecule has 0 aromatic rings. The van der Waals surface area contributed by atoms with Crippen molar-refractivity contribution < 1.29 is 9.90 Å². The van der Waals surface area contributed by atoms with Crippen LogP contribution < -0.4 is 0 Å². The Morgan fingerprint density at radius 1 is 0.293 bits per heavy atom. The third kappa shape index (κ3) is 46.6. The van der Waals surface area contributed by atoms with Crippen molar-refractivity contribution in [3.05, 3.63) is 0 Å². The van der Waals surface area contributed by atoms with Gasteiger partial charge in [-0.15, -0.1) is 0 Å². The fraction of sp³-hybridized carbons (Fsp3) is 0.974. The van der Waals surface area contributed by atoms with Crippen molar-refractivity contribution in [1.29, 1.82) is 0 Å². The van der Waals surface area contributed by atoms with E-state index in [1.54, 1.807) is 0 Å². The van der Waals surface area contributed by atoms with Gasteiger partial charge in [0.2, 0.25) is 0 Å². The fourth-order valence-electron chi connectivity index (χ4n) is 5.80. The van der Waals surface area contributed by atoms with Gasteiger partial charge in [-0.2, -0.15) is 0 Å². The summed E-state index contributed by atoms with van der Waals surface area (Å²) >= 11 is 0. The number of hydrogen-bond donors (Lipinski definition) is 1. The number of hydrogen-bond acceptors (Lipinski definition) is 1. The predicted octanol–water partition coefficient (Wildman–Crippen LogP) is 14.8. The van der Waals surface area contributed by atoms with Gasteiger partial charge >= 0.3 is 5.97 Å². The zero-order valence-corrected chi connectivity index (χ0v) is 29.1. The molecule has 0 aliphatic carbocycles. The highest BCUT2D eigenvalue weighted by Crippen LogP contribution is 2.16. The van der Waals surface area contributed by atoms with Crippen molar-refractivity contribution in [2.75, 3.05) is 0 Å². The number of rotatable bonds is 34. The highest BCUT2D eigenvalue weighted by Gasteiger charge is 1.97. The zero-order chi connectivity index (χ0) is 30.3. The summed E-state index contributed by atoms with van der Waals surface area (Å²) in [6, 6.07) is 0. The smallest absolute Gasteiger partial charge is 0.303 e. The summed E-state index contributed by atoms with van der Waals surface area (Å²) < 4.78 is 0. The van der Waals surface area contributed by atoms with E-state index in [1.807, 2.05) is 0 Å². The van der Waals surface area contributed by atoms with Gasteiger partial charge in [0.1, 0.15) is 0 Å². The maximum Gasteiger partial charge on any atom is 0.303 e. The van der Waals surface area contributed by atoms with Crippen LogP contribution in [0.1, 0.15) is 245 Å². The van der Waals surface area contributed by atoms with E-state index >= 15 is 0 Å². The number of unbranched alkanes of at least 4 members (excludes halogenated alkanes) is 32. The molecule has 0 fully saturated rings. The molecule has 0 aliphatic heterocycles. The Bertz CT molecular complexity index is 423. The molecule has 0 rings (SSSR count). The molecular weight excluding hydrogens is 500 g/mol. The average molecular weight is 581 g/mol. The van der Waals surface area contributed by atoms with Crippen LogP contribution in [-0.4, -0.2) is 11.1 Å². The maximum atomic E-state index is 10.2. The summed E-state index contributed by atoms with van der Waals surface area (Å²) in [6.45, 7) is 6.84. The molecule has 0 atom stereocenters. The lowest BCUT2D eigenvalue weighted by Gasteiger charge is -2.04. The van der Waals surface area contributed by atoms with E-state index in [-0.39, 0.29) is 0 Å². The van der Waals surface area contributed by atoms with Crippen LogP contribution >= 0.6 is 0 Å². The molecule has 248 valence electrons. The van der Waals surface area contributed by atoms with Crippen LogP contribution in [0.25, 0.3) is 0 Å². The second kappa shape index (κ2) is 41.6. The van der Waals surface area contributed by atoms with Gasteiger partial charge in [0.15, 0.2) is 0 Å². The first-order chi connectivity index (χ1) is 20.2. The molecule has 0 saturated heterocycles. The van der Waals surface area contributed by atoms with E-state index in [9.17, 15) is 4.79 Å². The lowest BCUT2D eigenvalue weighted by Crippen LogP contribution is -1.93. The standard InChI is InChI=1S/C27H56.C12H24O2/c1-3-5-7-9-11-13-15-17-19-21-23-25-27-26-24-22-20-18-16-14-12-10-8-6-4-2;1-2-3-4-5-6-7-8-9-10-11-12(13)14/h3-27H2,1-2H3;2-11H2,1H3,(H,13,14). The third-order valence-corrected chi connectivity index (χ3v) is 8.70. The van der Waals surface area contributed by atoms with E-state index in [4.69, 9.17) is 5.11 Å². The molecular formula is C39H80O2. The Kier molecular flexibility index (Phi) is 43.2. The Morgan fingerprint density at radius 3 is 0.585 bits per heavy atom. The largest absolute Gasteiger partial charge is 0.481 e. The lowest BCUT2D eigenvalue weighted by atomic mass is 10.0. The summed E-state index contributed by atoms with van der Waals surface area (Å²) in [5.41, 5.74) is 0.